The minimum atomic E-state index is -0.134. The van der Waals surface area contributed by atoms with E-state index in [1.54, 1.807) is 25.6 Å². The zero-order chi connectivity index (χ0) is 13.4. The number of carbonyl (C=O) groups is 1. The van der Waals surface area contributed by atoms with Crippen LogP contribution in [0.3, 0.4) is 0 Å². The molecule has 0 bridgehead atoms. The third-order valence-electron chi connectivity index (χ3n) is 2.15. The molecule has 0 aliphatic heterocycles. The van der Waals surface area contributed by atoms with E-state index < -0.39 is 0 Å². The first-order valence-electron chi connectivity index (χ1n) is 5.38. The van der Waals surface area contributed by atoms with Gasteiger partial charge in [-0.2, -0.15) is 0 Å². The number of carbonyl (C=O) groups excluding carboxylic acids is 1. The SMILES string of the molecule is COCCNC(=O)CNc1cnccc1C(N)=S. The van der Waals surface area contributed by atoms with Crippen molar-refractivity contribution in [1.29, 1.82) is 0 Å². The van der Waals surface area contributed by atoms with Gasteiger partial charge in [0.25, 0.3) is 0 Å². The van der Waals surface area contributed by atoms with E-state index in [2.05, 4.69) is 15.6 Å². The molecular weight excluding hydrogens is 252 g/mol. The predicted molar refractivity (Wildman–Crippen MR) is 73.5 cm³/mol. The molecule has 4 N–H and O–H groups in total. The molecule has 0 aliphatic carbocycles. The van der Waals surface area contributed by atoms with Gasteiger partial charge in [0, 0.05) is 25.4 Å². The number of amides is 1. The molecule has 1 aromatic rings. The number of nitrogens with one attached hydrogen (secondary N) is 2. The van der Waals surface area contributed by atoms with Gasteiger partial charge < -0.3 is 21.1 Å². The number of thiocarbonyl (C=S) groups is 1. The van der Waals surface area contributed by atoms with Crippen LogP contribution < -0.4 is 16.4 Å². The number of methoxy groups -OCH3 is 1. The molecular formula is C11H16N4O2S. The Hall–Kier alpha value is -1.73. The van der Waals surface area contributed by atoms with Crippen molar-refractivity contribution in [2.24, 2.45) is 5.73 Å². The van der Waals surface area contributed by atoms with Crippen LogP contribution in [0.5, 0.6) is 0 Å². The fourth-order valence-corrected chi connectivity index (χ4v) is 1.46. The lowest BCUT2D eigenvalue weighted by Gasteiger charge is -2.10. The first-order valence-corrected chi connectivity index (χ1v) is 5.79. The molecule has 7 heteroatoms. The van der Waals surface area contributed by atoms with E-state index in [4.69, 9.17) is 22.7 Å². The van der Waals surface area contributed by atoms with Crippen LogP contribution in [0.1, 0.15) is 5.56 Å². The van der Waals surface area contributed by atoms with Crippen molar-refractivity contribution < 1.29 is 9.53 Å². The third-order valence-corrected chi connectivity index (χ3v) is 2.37. The lowest BCUT2D eigenvalue weighted by atomic mass is 10.2. The Balaban J connectivity index is 2.48. The lowest BCUT2D eigenvalue weighted by molar-refractivity contribution is -0.119. The van der Waals surface area contributed by atoms with Crippen LogP contribution in [0.15, 0.2) is 18.5 Å². The number of hydrogen-bond donors (Lipinski definition) is 3. The van der Waals surface area contributed by atoms with Crippen molar-refractivity contribution in [3.8, 4) is 0 Å². The Labute approximate surface area is 111 Å². The van der Waals surface area contributed by atoms with E-state index >= 15 is 0 Å². The predicted octanol–water partition coefficient (Wildman–Crippen LogP) is -0.110. The number of ether oxygens (including phenoxy) is 1. The number of pyridine rings is 1. The molecule has 18 heavy (non-hydrogen) atoms. The molecule has 0 fully saturated rings. The van der Waals surface area contributed by atoms with Crippen LogP contribution in [0.4, 0.5) is 5.69 Å². The third kappa shape index (κ3) is 4.64. The Bertz CT molecular complexity index is 425. The highest BCUT2D eigenvalue weighted by molar-refractivity contribution is 7.80. The van der Waals surface area contributed by atoms with Crippen molar-refractivity contribution in [3.05, 3.63) is 24.0 Å². The van der Waals surface area contributed by atoms with Crippen molar-refractivity contribution in [2.45, 2.75) is 0 Å². The van der Waals surface area contributed by atoms with E-state index in [1.807, 2.05) is 0 Å². The van der Waals surface area contributed by atoms with Gasteiger partial charge in [-0.1, -0.05) is 12.2 Å². The van der Waals surface area contributed by atoms with Crippen LogP contribution >= 0.6 is 12.2 Å². The van der Waals surface area contributed by atoms with Gasteiger partial charge in [0.15, 0.2) is 0 Å². The monoisotopic (exact) mass is 268 g/mol. The first kappa shape index (κ1) is 14.3. The fraction of sp³-hybridized carbons (Fsp3) is 0.364. The summed E-state index contributed by atoms with van der Waals surface area (Å²) in [6.45, 7) is 1.09. The number of hydrogen-bond acceptors (Lipinski definition) is 5. The highest BCUT2D eigenvalue weighted by Crippen LogP contribution is 2.12. The molecule has 0 radical (unpaired) electrons. The summed E-state index contributed by atoms with van der Waals surface area (Å²) in [5.41, 5.74) is 6.88. The number of nitrogens with two attached hydrogens (primary N) is 1. The molecule has 1 rings (SSSR count). The van der Waals surface area contributed by atoms with Crippen LogP contribution in [0, 0.1) is 0 Å². The smallest absolute Gasteiger partial charge is 0.239 e. The lowest BCUT2D eigenvalue weighted by Crippen LogP contribution is -2.32. The van der Waals surface area contributed by atoms with Gasteiger partial charge in [-0.15, -0.1) is 0 Å². The van der Waals surface area contributed by atoms with Gasteiger partial charge in [0.2, 0.25) is 5.91 Å². The zero-order valence-electron chi connectivity index (χ0n) is 10.1. The van der Waals surface area contributed by atoms with Crippen molar-refractivity contribution in [2.75, 3.05) is 32.1 Å². The molecule has 0 spiro atoms. The second-order valence-corrected chi connectivity index (χ2v) is 3.92. The largest absolute Gasteiger partial charge is 0.389 e. The molecule has 0 saturated heterocycles. The van der Waals surface area contributed by atoms with Gasteiger partial charge in [0.1, 0.15) is 4.99 Å². The second kappa shape index (κ2) is 7.57. The zero-order valence-corrected chi connectivity index (χ0v) is 10.9. The number of rotatable bonds is 7. The Morgan fingerprint density at radius 2 is 2.39 bits per heavy atom. The highest BCUT2D eigenvalue weighted by atomic mass is 32.1. The van der Waals surface area contributed by atoms with E-state index in [0.717, 1.165) is 0 Å². The summed E-state index contributed by atoms with van der Waals surface area (Å²) in [5.74, 6) is -0.134. The number of anilines is 1. The summed E-state index contributed by atoms with van der Waals surface area (Å²) in [7, 11) is 1.58. The average Bonchev–Trinajstić information content (AvgIpc) is 2.37. The summed E-state index contributed by atoms with van der Waals surface area (Å²) < 4.78 is 4.83. The topological polar surface area (TPSA) is 89.3 Å². The molecule has 0 unspecified atom stereocenters. The van der Waals surface area contributed by atoms with E-state index in [1.165, 1.54) is 0 Å². The molecule has 0 saturated carbocycles. The van der Waals surface area contributed by atoms with Gasteiger partial charge in [-0.3, -0.25) is 9.78 Å². The van der Waals surface area contributed by atoms with Crippen LogP contribution in [0.2, 0.25) is 0 Å². The van der Waals surface area contributed by atoms with Crippen molar-refractivity contribution >= 4 is 28.8 Å². The summed E-state index contributed by atoms with van der Waals surface area (Å²) in [6, 6.07) is 1.70. The minimum absolute atomic E-state index is 0.130. The van der Waals surface area contributed by atoms with E-state index in [0.29, 0.717) is 24.4 Å². The highest BCUT2D eigenvalue weighted by Gasteiger charge is 2.06. The normalized spacial score (nSPS) is 9.83. The van der Waals surface area contributed by atoms with Crippen LogP contribution in [-0.2, 0) is 9.53 Å². The summed E-state index contributed by atoms with van der Waals surface area (Å²) >= 11 is 4.91. The molecule has 0 aliphatic rings. The quantitative estimate of drug-likeness (QED) is 0.472. The Morgan fingerprint density at radius 1 is 1.61 bits per heavy atom. The first-order chi connectivity index (χ1) is 8.65. The maximum Gasteiger partial charge on any atom is 0.239 e. The van der Waals surface area contributed by atoms with Crippen molar-refractivity contribution in [1.82, 2.24) is 10.3 Å². The minimum Gasteiger partial charge on any atom is -0.389 e. The molecule has 1 aromatic heterocycles. The molecule has 0 atom stereocenters. The van der Waals surface area contributed by atoms with Gasteiger partial charge >= 0.3 is 0 Å². The molecule has 6 nitrogen and oxygen atoms in total. The van der Waals surface area contributed by atoms with Crippen molar-refractivity contribution in [3.63, 3.8) is 0 Å². The summed E-state index contributed by atoms with van der Waals surface area (Å²) in [6.07, 6.45) is 3.18. The molecule has 0 aromatic carbocycles. The summed E-state index contributed by atoms with van der Waals surface area (Å²) in [5, 5.41) is 5.63. The molecule has 1 amide bonds. The standard InChI is InChI=1S/C11H16N4O2S/c1-17-5-4-14-10(16)7-15-9-6-13-3-2-8(9)11(12)18/h2-3,6,15H,4-5,7H2,1H3,(H2,12,18)(H,14,16). The maximum absolute atomic E-state index is 11.5. The molecule has 98 valence electrons. The van der Waals surface area contributed by atoms with E-state index in [-0.39, 0.29) is 17.4 Å². The van der Waals surface area contributed by atoms with E-state index in [9.17, 15) is 4.79 Å². The van der Waals surface area contributed by atoms with Crippen LogP contribution in [0.25, 0.3) is 0 Å². The second-order valence-electron chi connectivity index (χ2n) is 3.48. The molecule has 1 heterocycles. The Kier molecular flexibility index (Phi) is 6.03. The van der Waals surface area contributed by atoms with Gasteiger partial charge in [-0.25, -0.2) is 0 Å². The van der Waals surface area contributed by atoms with Gasteiger partial charge in [-0.05, 0) is 6.07 Å². The van der Waals surface area contributed by atoms with Crippen LogP contribution in [-0.4, -0.2) is 42.7 Å². The fourth-order valence-electron chi connectivity index (χ4n) is 1.28. The number of nitrogens with zero attached hydrogens (tertiary/aromatic N) is 1. The van der Waals surface area contributed by atoms with Gasteiger partial charge in [0.05, 0.1) is 25.0 Å². The summed E-state index contributed by atoms with van der Waals surface area (Å²) in [4.78, 5) is 15.7. The maximum atomic E-state index is 11.5. The average molecular weight is 268 g/mol. The Morgan fingerprint density at radius 3 is 3.06 bits per heavy atom. The number of aromatic nitrogens is 1.